The molecule has 1 aromatic heterocycles. The summed E-state index contributed by atoms with van der Waals surface area (Å²) in [6, 6.07) is 13.0. The zero-order valence-electron chi connectivity index (χ0n) is 9.52. The van der Waals surface area contributed by atoms with Crippen LogP contribution in [0.4, 0.5) is 0 Å². The maximum atomic E-state index is 5.07. The highest BCUT2D eigenvalue weighted by molar-refractivity contribution is 5.19. The number of furan rings is 1. The molecule has 2 nitrogen and oxygen atoms in total. The number of rotatable bonds is 5. The third kappa shape index (κ3) is 2.74. The number of hydrogen-bond acceptors (Lipinski definition) is 2. The Kier molecular flexibility index (Phi) is 3.78. The van der Waals surface area contributed by atoms with Gasteiger partial charge < -0.3 is 9.73 Å². The quantitative estimate of drug-likeness (QED) is 0.828. The minimum atomic E-state index is 0.413. The molecule has 84 valence electrons. The number of nitrogens with one attached hydrogen (secondary N) is 1. The van der Waals surface area contributed by atoms with Crippen LogP contribution in [0.15, 0.2) is 53.3 Å². The molecule has 1 unspecified atom stereocenters. The molecule has 2 aromatic rings. The first-order valence-corrected chi connectivity index (χ1v) is 5.63. The maximum absolute atomic E-state index is 5.07. The van der Waals surface area contributed by atoms with Gasteiger partial charge in [-0.15, -0.1) is 0 Å². The summed E-state index contributed by atoms with van der Waals surface area (Å²) >= 11 is 0. The first kappa shape index (κ1) is 11.0. The normalized spacial score (nSPS) is 12.6. The highest BCUT2D eigenvalue weighted by Crippen LogP contribution is 2.18. The van der Waals surface area contributed by atoms with Crippen molar-refractivity contribution in [2.75, 3.05) is 7.05 Å². The van der Waals surface area contributed by atoms with Gasteiger partial charge in [0.15, 0.2) is 0 Å². The van der Waals surface area contributed by atoms with Crippen molar-refractivity contribution in [1.29, 1.82) is 0 Å². The van der Waals surface area contributed by atoms with Crippen LogP contribution in [-0.2, 0) is 6.42 Å². The molecule has 0 spiro atoms. The van der Waals surface area contributed by atoms with Gasteiger partial charge in [0.25, 0.3) is 0 Å². The average Bonchev–Trinajstić information content (AvgIpc) is 2.84. The number of aryl methyl sites for hydroxylation is 1. The van der Waals surface area contributed by atoms with E-state index in [9.17, 15) is 0 Å². The van der Waals surface area contributed by atoms with E-state index in [1.54, 1.807) is 6.26 Å². The topological polar surface area (TPSA) is 25.2 Å². The molecule has 1 N–H and O–H groups in total. The molecule has 16 heavy (non-hydrogen) atoms. The molecule has 2 rings (SSSR count). The van der Waals surface area contributed by atoms with Gasteiger partial charge >= 0.3 is 0 Å². The fourth-order valence-electron chi connectivity index (χ4n) is 1.91. The Morgan fingerprint density at radius 2 is 2.00 bits per heavy atom. The Morgan fingerprint density at radius 3 is 2.62 bits per heavy atom. The molecule has 1 aromatic carbocycles. The van der Waals surface area contributed by atoms with Gasteiger partial charge in [-0.05, 0) is 37.1 Å². The Hall–Kier alpha value is -1.54. The first-order valence-electron chi connectivity index (χ1n) is 5.63. The molecule has 0 bridgehead atoms. The summed E-state index contributed by atoms with van der Waals surface area (Å²) in [5.74, 6) is 0. The van der Waals surface area contributed by atoms with E-state index in [2.05, 4.69) is 29.6 Å². The van der Waals surface area contributed by atoms with Crippen LogP contribution < -0.4 is 5.32 Å². The van der Waals surface area contributed by atoms with E-state index in [-0.39, 0.29) is 0 Å². The van der Waals surface area contributed by atoms with Gasteiger partial charge in [-0.1, -0.05) is 30.3 Å². The lowest BCUT2D eigenvalue weighted by molar-refractivity contribution is 0.538. The molecule has 0 amide bonds. The summed E-state index contributed by atoms with van der Waals surface area (Å²) in [4.78, 5) is 0. The largest absolute Gasteiger partial charge is 0.472 e. The van der Waals surface area contributed by atoms with E-state index in [1.807, 2.05) is 25.4 Å². The van der Waals surface area contributed by atoms with Gasteiger partial charge in [-0.2, -0.15) is 0 Å². The number of hydrogen-bond donors (Lipinski definition) is 1. The summed E-state index contributed by atoms with van der Waals surface area (Å²) in [6.45, 7) is 0. The Bertz CT molecular complexity index is 394. The molecule has 0 radical (unpaired) electrons. The summed E-state index contributed by atoms with van der Waals surface area (Å²) in [6.07, 6.45) is 5.67. The molecule has 1 heterocycles. The van der Waals surface area contributed by atoms with Crippen molar-refractivity contribution >= 4 is 0 Å². The fraction of sp³-hybridized carbons (Fsp3) is 0.286. The fourth-order valence-corrected chi connectivity index (χ4v) is 1.91. The van der Waals surface area contributed by atoms with Crippen molar-refractivity contribution in [3.8, 4) is 0 Å². The third-order valence-electron chi connectivity index (χ3n) is 2.85. The van der Waals surface area contributed by atoms with Crippen LogP contribution in [0.1, 0.15) is 23.6 Å². The van der Waals surface area contributed by atoms with Gasteiger partial charge in [0.05, 0.1) is 12.5 Å². The third-order valence-corrected chi connectivity index (χ3v) is 2.85. The van der Waals surface area contributed by atoms with Crippen molar-refractivity contribution in [3.05, 3.63) is 60.1 Å². The van der Waals surface area contributed by atoms with Gasteiger partial charge in [-0.3, -0.25) is 0 Å². The van der Waals surface area contributed by atoms with Gasteiger partial charge in [0, 0.05) is 6.04 Å². The van der Waals surface area contributed by atoms with Crippen LogP contribution in [-0.4, -0.2) is 7.05 Å². The van der Waals surface area contributed by atoms with Crippen molar-refractivity contribution in [1.82, 2.24) is 5.32 Å². The smallest absolute Gasteiger partial charge is 0.0934 e. The second-order valence-electron chi connectivity index (χ2n) is 3.92. The molecular weight excluding hydrogens is 198 g/mol. The van der Waals surface area contributed by atoms with Gasteiger partial charge in [0.2, 0.25) is 0 Å². The Labute approximate surface area is 96.3 Å². The maximum Gasteiger partial charge on any atom is 0.0934 e. The summed E-state index contributed by atoms with van der Waals surface area (Å²) in [7, 11) is 2.01. The highest BCUT2D eigenvalue weighted by Gasteiger charge is 2.08. The van der Waals surface area contributed by atoms with E-state index in [0.717, 1.165) is 12.8 Å². The van der Waals surface area contributed by atoms with E-state index in [4.69, 9.17) is 4.42 Å². The molecule has 0 aliphatic rings. The van der Waals surface area contributed by atoms with Crippen LogP contribution in [0.25, 0.3) is 0 Å². The SMILES string of the molecule is CNC(CCc1ccoc1)c1ccccc1. The molecule has 0 saturated carbocycles. The van der Waals surface area contributed by atoms with Gasteiger partial charge in [0.1, 0.15) is 0 Å². The molecule has 0 fully saturated rings. The van der Waals surface area contributed by atoms with Crippen LogP contribution >= 0.6 is 0 Å². The highest BCUT2D eigenvalue weighted by atomic mass is 16.3. The lowest BCUT2D eigenvalue weighted by atomic mass is 10.0. The zero-order valence-corrected chi connectivity index (χ0v) is 9.52. The second kappa shape index (κ2) is 5.52. The number of benzene rings is 1. The molecule has 1 atom stereocenters. The van der Waals surface area contributed by atoms with E-state index in [0.29, 0.717) is 6.04 Å². The molecule has 0 aliphatic carbocycles. The summed E-state index contributed by atoms with van der Waals surface area (Å²) < 4.78 is 5.07. The predicted octanol–water partition coefficient (Wildman–Crippen LogP) is 3.17. The van der Waals surface area contributed by atoms with Crippen LogP contribution in [0.3, 0.4) is 0 Å². The first-order chi connectivity index (χ1) is 7.90. The van der Waals surface area contributed by atoms with Crippen molar-refractivity contribution in [3.63, 3.8) is 0 Å². The lowest BCUT2D eigenvalue weighted by Gasteiger charge is -2.15. The molecule has 0 saturated heterocycles. The van der Waals surface area contributed by atoms with Gasteiger partial charge in [-0.25, -0.2) is 0 Å². The second-order valence-corrected chi connectivity index (χ2v) is 3.92. The molecule has 0 aliphatic heterocycles. The van der Waals surface area contributed by atoms with Crippen LogP contribution in [0.2, 0.25) is 0 Å². The average molecular weight is 215 g/mol. The molecule has 2 heteroatoms. The minimum Gasteiger partial charge on any atom is -0.472 e. The lowest BCUT2D eigenvalue weighted by Crippen LogP contribution is -2.16. The standard InChI is InChI=1S/C14H17NO/c1-15-14(13-5-3-2-4-6-13)8-7-12-9-10-16-11-12/h2-6,9-11,14-15H,7-8H2,1H3. The summed E-state index contributed by atoms with van der Waals surface area (Å²) in [5, 5.41) is 3.35. The van der Waals surface area contributed by atoms with Crippen molar-refractivity contribution < 1.29 is 4.42 Å². The minimum absolute atomic E-state index is 0.413. The Morgan fingerprint density at radius 1 is 1.19 bits per heavy atom. The predicted molar refractivity (Wildman–Crippen MR) is 65.3 cm³/mol. The van der Waals surface area contributed by atoms with E-state index < -0.39 is 0 Å². The monoisotopic (exact) mass is 215 g/mol. The van der Waals surface area contributed by atoms with Crippen LogP contribution in [0, 0.1) is 0 Å². The summed E-state index contributed by atoms with van der Waals surface area (Å²) in [5.41, 5.74) is 2.60. The van der Waals surface area contributed by atoms with E-state index in [1.165, 1.54) is 11.1 Å². The van der Waals surface area contributed by atoms with Crippen LogP contribution in [0.5, 0.6) is 0 Å². The zero-order chi connectivity index (χ0) is 11.2. The Balaban J connectivity index is 1.96. The van der Waals surface area contributed by atoms with E-state index >= 15 is 0 Å². The van der Waals surface area contributed by atoms with Crippen molar-refractivity contribution in [2.24, 2.45) is 0 Å². The van der Waals surface area contributed by atoms with Crippen molar-refractivity contribution in [2.45, 2.75) is 18.9 Å². The molecular formula is C14H17NO.